The van der Waals surface area contributed by atoms with Crippen LogP contribution in [0, 0.1) is 11.8 Å². The molecule has 0 saturated carbocycles. The van der Waals surface area contributed by atoms with E-state index in [1.807, 2.05) is 18.2 Å². The van der Waals surface area contributed by atoms with Gasteiger partial charge in [0.2, 0.25) is 0 Å². The molecule has 2 aromatic carbocycles. The summed E-state index contributed by atoms with van der Waals surface area (Å²) in [5, 5.41) is 11.3. The minimum absolute atomic E-state index is 0.0238. The Morgan fingerprint density at radius 3 is 2.66 bits per heavy atom. The van der Waals surface area contributed by atoms with Crippen molar-refractivity contribution in [2.24, 2.45) is 22.6 Å². The van der Waals surface area contributed by atoms with Gasteiger partial charge in [0, 0.05) is 32.4 Å². The van der Waals surface area contributed by atoms with Crippen molar-refractivity contribution in [2.75, 3.05) is 38.1 Å². The smallest absolute Gasteiger partial charge is 0.306 e. The molecule has 5 rings (SSSR count). The summed E-state index contributed by atoms with van der Waals surface area (Å²) in [5.41, 5.74) is 9.12. The van der Waals surface area contributed by atoms with Crippen LogP contribution in [0.2, 0.25) is 0 Å². The lowest BCUT2D eigenvalue weighted by atomic mass is 9.93. The molecule has 14 heteroatoms. The van der Waals surface area contributed by atoms with Gasteiger partial charge in [-0.1, -0.05) is 18.2 Å². The molecule has 3 aromatic rings. The van der Waals surface area contributed by atoms with Gasteiger partial charge in [-0.15, -0.1) is 11.3 Å². The van der Waals surface area contributed by atoms with Crippen molar-refractivity contribution >= 4 is 50.6 Å². The van der Waals surface area contributed by atoms with Gasteiger partial charge in [0.15, 0.2) is 5.78 Å². The molecule has 1 aromatic heterocycles. The van der Waals surface area contributed by atoms with Gasteiger partial charge in [-0.25, -0.2) is 8.42 Å². The van der Waals surface area contributed by atoms with E-state index in [1.165, 1.54) is 13.2 Å². The molecule has 0 bridgehead atoms. The molecule has 3 heterocycles. The van der Waals surface area contributed by atoms with E-state index in [0.29, 0.717) is 44.2 Å². The second-order valence-corrected chi connectivity index (χ2v) is 15.4. The van der Waals surface area contributed by atoms with Crippen LogP contribution in [-0.2, 0) is 37.3 Å². The second kappa shape index (κ2) is 16.6. The summed E-state index contributed by atoms with van der Waals surface area (Å²) in [7, 11) is -2.80. The number of hydrogen-bond donors (Lipinski definition) is 3. The van der Waals surface area contributed by atoms with Crippen LogP contribution >= 0.6 is 11.3 Å². The molecule has 4 N–H and O–H groups in total. The molecule has 1 fully saturated rings. The fourth-order valence-corrected chi connectivity index (χ4v) is 8.59. The lowest BCUT2D eigenvalue weighted by Gasteiger charge is -2.31. The summed E-state index contributed by atoms with van der Waals surface area (Å²) in [5.74, 6) is -1.64. The van der Waals surface area contributed by atoms with Gasteiger partial charge < -0.3 is 20.3 Å². The number of piperidine rings is 1. The highest BCUT2D eigenvalue weighted by molar-refractivity contribution is 7.92. The number of Topliss-reactive ketones (excluding diaryl/α,β-unsaturated/α-hetero) is 1. The van der Waals surface area contributed by atoms with Crippen LogP contribution in [0.5, 0.6) is 5.75 Å². The minimum Gasteiger partial charge on any atom is -0.492 e. The number of hydrogen-bond acceptors (Lipinski definition) is 10. The molecule has 268 valence electrons. The number of anilines is 1. The van der Waals surface area contributed by atoms with Crippen molar-refractivity contribution in [3.8, 4) is 16.9 Å². The van der Waals surface area contributed by atoms with E-state index >= 15 is 0 Å². The van der Waals surface area contributed by atoms with Gasteiger partial charge in [0.05, 0.1) is 36.0 Å². The maximum absolute atomic E-state index is 14.0. The molecule has 0 spiro atoms. The van der Waals surface area contributed by atoms with E-state index < -0.39 is 27.7 Å². The summed E-state index contributed by atoms with van der Waals surface area (Å²) >= 11 is 1.06. The average Bonchev–Trinajstić information content (AvgIpc) is 3.76. The van der Waals surface area contributed by atoms with E-state index in [9.17, 15) is 27.9 Å². The van der Waals surface area contributed by atoms with Crippen molar-refractivity contribution in [1.29, 1.82) is 0 Å². The minimum atomic E-state index is -4.22. The Hall–Kier alpha value is -4.27. The molecule has 2 aliphatic heterocycles. The monoisotopic (exact) mass is 724 g/mol. The highest BCUT2D eigenvalue weighted by Crippen LogP contribution is 2.39. The molecule has 0 unspecified atom stereocenters. The Balaban J connectivity index is 1.31. The topological polar surface area (TPSA) is 178 Å². The first-order valence-corrected chi connectivity index (χ1v) is 19.1. The molecule has 0 amide bonds. The first-order valence-electron chi connectivity index (χ1n) is 16.7. The fourth-order valence-electron chi connectivity index (χ4n) is 6.44. The van der Waals surface area contributed by atoms with Gasteiger partial charge in [-0.05, 0) is 104 Å². The lowest BCUT2D eigenvalue weighted by Crippen LogP contribution is -2.34. The molecule has 12 nitrogen and oxygen atoms in total. The number of carbonyl (C=O) groups is 3. The molecular formula is C36H44N4O8S2. The van der Waals surface area contributed by atoms with Gasteiger partial charge in [0.25, 0.3) is 10.0 Å². The summed E-state index contributed by atoms with van der Waals surface area (Å²) < 4.78 is 41.2. The number of esters is 1. The van der Waals surface area contributed by atoms with Gasteiger partial charge in [-0.3, -0.25) is 29.0 Å². The van der Waals surface area contributed by atoms with Crippen molar-refractivity contribution in [2.45, 2.75) is 63.3 Å². The average molecular weight is 725 g/mol. The summed E-state index contributed by atoms with van der Waals surface area (Å²) in [4.78, 5) is 43.5. The third-order valence-corrected chi connectivity index (χ3v) is 11.4. The summed E-state index contributed by atoms with van der Waals surface area (Å²) in [6.45, 7) is 4.85. The SMILES string of the molecule is COC(=O)CC1CCN(Cc2cccc(-c3cc4c(c(S(=O)(=O)Nc5ccsc5C(=O)C[C@@H](CCCN=C(C)N)C(=O)O)c3)OCC4)c2)CC1. The third-order valence-electron chi connectivity index (χ3n) is 9.11. The number of aliphatic imine (C=N–C) groups is 1. The van der Waals surface area contributed by atoms with E-state index in [-0.39, 0.29) is 40.0 Å². The van der Waals surface area contributed by atoms with Crippen molar-refractivity contribution < 1.29 is 37.4 Å². The summed E-state index contributed by atoms with van der Waals surface area (Å²) in [6, 6.07) is 13.1. The number of carbonyl (C=O) groups excluding carboxylic acids is 2. The molecule has 0 aliphatic carbocycles. The largest absolute Gasteiger partial charge is 0.492 e. The highest BCUT2D eigenvalue weighted by Gasteiger charge is 2.30. The fraction of sp³-hybridized carbons (Fsp3) is 0.444. The van der Waals surface area contributed by atoms with E-state index in [2.05, 4.69) is 26.7 Å². The predicted molar refractivity (Wildman–Crippen MR) is 192 cm³/mol. The zero-order valence-corrected chi connectivity index (χ0v) is 30.0. The van der Waals surface area contributed by atoms with Gasteiger partial charge in [0.1, 0.15) is 10.6 Å². The van der Waals surface area contributed by atoms with E-state index in [0.717, 1.165) is 66.1 Å². The number of methoxy groups -OCH3 is 1. The van der Waals surface area contributed by atoms with E-state index in [4.69, 9.17) is 15.2 Å². The third kappa shape index (κ3) is 9.49. The molecule has 2 aliphatic rings. The number of benzene rings is 2. The normalized spacial score (nSPS) is 16.0. The number of aliphatic carboxylic acids is 1. The number of likely N-dealkylation sites (tertiary alicyclic amines) is 1. The van der Waals surface area contributed by atoms with Crippen LogP contribution in [0.25, 0.3) is 11.1 Å². The van der Waals surface area contributed by atoms with Crippen LogP contribution in [-0.4, -0.2) is 75.3 Å². The van der Waals surface area contributed by atoms with Gasteiger partial charge in [-0.2, -0.15) is 0 Å². The Labute approximate surface area is 296 Å². The molecule has 50 heavy (non-hydrogen) atoms. The van der Waals surface area contributed by atoms with Crippen LogP contribution in [0.3, 0.4) is 0 Å². The zero-order chi connectivity index (χ0) is 35.8. The van der Waals surface area contributed by atoms with Crippen molar-refractivity contribution in [3.63, 3.8) is 0 Å². The molecule has 1 saturated heterocycles. The van der Waals surface area contributed by atoms with Crippen LogP contribution in [0.4, 0.5) is 5.69 Å². The van der Waals surface area contributed by atoms with Crippen molar-refractivity contribution in [1.82, 2.24) is 4.90 Å². The van der Waals surface area contributed by atoms with Gasteiger partial charge >= 0.3 is 11.9 Å². The Morgan fingerprint density at radius 1 is 1.16 bits per heavy atom. The molecular weight excluding hydrogens is 681 g/mol. The number of ketones is 1. The Kier molecular flexibility index (Phi) is 12.3. The number of nitrogens with one attached hydrogen (secondary N) is 1. The molecule has 0 radical (unpaired) electrons. The standard InChI is InChI=1S/C36H44N4O8S2/c1-23(37)38-12-4-7-28(36(43)44)20-31(41)35-30(11-16-49-35)39-50(45,46)32-21-29(19-27-10-15-48-34(27)32)26-6-3-5-25(17-26)22-40-13-8-24(9-14-40)18-33(42)47-2/h3,5-6,11,16-17,19,21,24,28,39H,4,7-10,12-15,18,20,22H2,1-2H3,(H2,37,38)(H,43,44)/t28-/m1/s1. The molecule has 1 atom stereocenters. The number of nitrogens with two attached hydrogens (primary N) is 1. The second-order valence-electron chi connectivity index (χ2n) is 12.9. The number of carboxylic acids is 1. The number of ether oxygens (including phenoxy) is 2. The van der Waals surface area contributed by atoms with Crippen LogP contribution in [0.15, 0.2) is 57.7 Å². The maximum atomic E-state index is 14.0. The predicted octanol–water partition coefficient (Wildman–Crippen LogP) is 5.36. The van der Waals surface area contributed by atoms with Crippen LogP contribution in [0.1, 0.15) is 66.2 Å². The number of nitrogens with zero attached hydrogens (tertiary/aromatic N) is 2. The lowest BCUT2D eigenvalue weighted by molar-refractivity contribution is -0.142. The van der Waals surface area contributed by atoms with Crippen molar-refractivity contribution in [3.05, 3.63) is 63.8 Å². The number of sulfonamides is 1. The zero-order valence-electron chi connectivity index (χ0n) is 28.4. The Bertz CT molecular complexity index is 1840. The summed E-state index contributed by atoms with van der Waals surface area (Å²) in [6.07, 6.45) is 3.27. The number of fused-ring (bicyclic) bond motifs is 1. The van der Waals surface area contributed by atoms with E-state index in [1.54, 1.807) is 18.4 Å². The quantitative estimate of drug-likeness (QED) is 0.0573. The van der Waals surface area contributed by atoms with Crippen LogP contribution < -0.4 is 15.2 Å². The Morgan fingerprint density at radius 2 is 1.94 bits per heavy atom. The first kappa shape index (κ1) is 37.0. The maximum Gasteiger partial charge on any atom is 0.306 e. The number of thiophene rings is 1. The first-order chi connectivity index (χ1) is 23.9. The number of rotatable bonds is 16. The number of amidine groups is 1. The highest BCUT2D eigenvalue weighted by atomic mass is 32.2. The number of carboxylic acid groups (broad SMARTS) is 1.